The molecule has 0 aliphatic rings. The van der Waals surface area contributed by atoms with Crippen LogP contribution in [-0.2, 0) is 4.79 Å². The van der Waals surface area contributed by atoms with Gasteiger partial charge in [-0.3, -0.25) is 9.89 Å². The lowest BCUT2D eigenvalue weighted by molar-refractivity contribution is -0.124. The summed E-state index contributed by atoms with van der Waals surface area (Å²) in [6.45, 7) is 1.19. The molecule has 1 atom stereocenters. The molecule has 0 aliphatic carbocycles. The van der Waals surface area contributed by atoms with Gasteiger partial charge >= 0.3 is 0 Å². The molecule has 0 radical (unpaired) electrons. The number of carbonyl (C=O) groups is 1. The van der Waals surface area contributed by atoms with Crippen LogP contribution in [0.25, 0.3) is 11.1 Å². The number of aromatic amines is 1. The van der Waals surface area contributed by atoms with E-state index in [4.69, 9.17) is 4.74 Å². The largest absolute Gasteiger partial charge is 0.490 e. The number of aromatic nitrogens is 2. The molecule has 0 spiro atoms. The van der Waals surface area contributed by atoms with E-state index in [-0.39, 0.29) is 0 Å². The predicted octanol–water partition coefficient (Wildman–Crippen LogP) is 3.45. The highest BCUT2D eigenvalue weighted by molar-refractivity contribution is 9.10. The lowest BCUT2D eigenvalue weighted by atomic mass is 10.1. The zero-order chi connectivity index (χ0) is 20.8. The molecule has 1 unspecified atom stereocenters. The first-order valence-electron chi connectivity index (χ1n) is 9.09. The summed E-state index contributed by atoms with van der Waals surface area (Å²) in [4.78, 5) is 14.6. The Hall–Kier alpha value is -2.68. The van der Waals surface area contributed by atoms with Gasteiger partial charge in [0.05, 0.1) is 11.9 Å². The van der Waals surface area contributed by atoms with Crippen molar-refractivity contribution < 1.29 is 14.6 Å². The average molecular weight is 459 g/mol. The molecule has 0 fully saturated rings. The van der Waals surface area contributed by atoms with Crippen molar-refractivity contribution in [2.24, 2.45) is 0 Å². The standard InChI is InChI=1S/C21H23BrN4O3/c1-26(2)9-10-29-19-11-15(16-12-23-24-13-16)5-8-18(19)25-21(28)20(27)14-3-6-17(22)7-4-14/h3-8,11-13,20,27H,9-10H2,1-2H3,(H,23,24)(H,25,28). The minimum absolute atomic E-state index is 0.458. The summed E-state index contributed by atoms with van der Waals surface area (Å²) in [5.41, 5.74) is 2.83. The highest BCUT2D eigenvalue weighted by Gasteiger charge is 2.19. The van der Waals surface area contributed by atoms with Crippen LogP contribution in [0.3, 0.4) is 0 Å². The summed E-state index contributed by atoms with van der Waals surface area (Å²) in [6.07, 6.45) is 2.22. The lowest BCUT2D eigenvalue weighted by Crippen LogP contribution is -2.22. The number of halogens is 1. The van der Waals surface area contributed by atoms with E-state index in [0.717, 1.165) is 22.1 Å². The van der Waals surface area contributed by atoms with E-state index < -0.39 is 12.0 Å². The number of rotatable bonds is 8. The Kier molecular flexibility index (Phi) is 7.03. The van der Waals surface area contributed by atoms with Gasteiger partial charge < -0.3 is 20.1 Å². The van der Waals surface area contributed by atoms with Crippen LogP contribution < -0.4 is 10.1 Å². The molecule has 8 heteroatoms. The third kappa shape index (κ3) is 5.66. The van der Waals surface area contributed by atoms with Crippen molar-refractivity contribution in [3.8, 4) is 16.9 Å². The number of amides is 1. The van der Waals surface area contributed by atoms with Crippen molar-refractivity contribution in [3.63, 3.8) is 0 Å². The van der Waals surface area contributed by atoms with Gasteiger partial charge in [-0.15, -0.1) is 0 Å². The van der Waals surface area contributed by atoms with Crippen LogP contribution in [0.5, 0.6) is 5.75 Å². The molecule has 1 aromatic heterocycles. The Morgan fingerprint density at radius 3 is 2.66 bits per heavy atom. The topological polar surface area (TPSA) is 90.5 Å². The molecular weight excluding hydrogens is 436 g/mol. The van der Waals surface area contributed by atoms with Crippen LogP contribution in [-0.4, -0.2) is 53.4 Å². The number of ether oxygens (including phenoxy) is 1. The van der Waals surface area contributed by atoms with Crippen LogP contribution >= 0.6 is 15.9 Å². The van der Waals surface area contributed by atoms with Crippen LogP contribution in [0, 0.1) is 0 Å². The lowest BCUT2D eigenvalue weighted by Gasteiger charge is -2.17. The second kappa shape index (κ2) is 9.69. The van der Waals surface area contributed by atoms with Crippen LogP contribution in [0.1, 0.15) is 11.7 Å². The molecule has 0 bridgehead atoms. The van der Waals surface area contributed by atoms with E-state index in [1.807, 2.05) is 31.1 Å². The van der Waals surface area contributed by atoms with E-state index in [1.54, 1.807) is 42.7 Å². The molecule has 3 aromatic rings. The number of likely N-dealkylation sites (N-methyl/N-ethyl adjacent to an activating group) is 1. The molecule has 0 saturated heterocycles. The third-order valence-electron chi connectivity index (χ3n) is 4.30. The van der Waals surface area contributed by atoms with Gasteiger partial charge in [0.25, 0.3) is 5.91 Å². The van der Waals surface area contributed by atoms with E-state index in [9.17, 15) is 9.90 Å². The van der Waals surface area contributed by atoms with Crippen molar-refractivity contribution in [3.05, 3.63) is 64.9 Å². The third-order valence-corrected chi connectivity index (χ3v) is 4.83. The monoisotopic (exact) mass is 458 g/mol. The Balaban J connectivity index is 1.80. The van der Waals surface area contributed by atoms with E-state index in [1.165, 1.54) is 0 Å². The second-order valence-corrected chi connectivity index (χ2v) is 7.71. The first kappa shape index (κ1) is 21.0. The zero-order valence-corrected chi connectivity index (χ0v) is 17.8. The number of aliphatic hydroxyl groups is 1. The van der Waals surface area contributed by atoms with Crippen molar-refractivity contribution >= 4 is 27.5 Å². The normalized spacial score (nSPS) is 12.0. The Bertz CT molecular complexity index is 943. The number of hydrogen-bond acceptors (Lipinski definition) is 5. The maximum atomic E-state index is 12.6. The highest BCUT2D eigenvalue weighted by atomic mass is 79.9. The number of anilines is 1. The maximum Gasteiger partial charge on any atom is 0.257 e. The van der Waals surface area contributed by atoms with Crippen molar-refractivity contribution in [1.29, 1.82) is 0 Å². The molecule has 1 heterocycles. The summed E-state index contributed by atoms with van der Waals surface area (Å²) in [7, 11) is 3.92. The van der Waals surface area contributed by atoms with Gasteiger partial charge in [-0.05, 0) is 49.5 Å². The van der Waals surface area contributed by atoms with Crippen LogP contribution in [0.4, 0.5) is 5.69 Å². The van der Waals surface area contributed by atoms with Crippen LogP contribution in [0.2, 0.25) is 0 Å². The first-order chi connectivity index (χ1) is 13.9. The number of carbonyl (C=O) groups excluding carboxylic acids is 1. The maximum absolute atomic E-state index is 12.6. The van der Waals surface area contributed by atoms with Crippen molar-refractivity contribution in [2.45, 2.75) is 6.10 Å². The molecule has 152 valence electrons. The number of aliphatic hydroxyl groups excluding tert-OH is 1. The quantitative estimate of drug-likeness (QED) is 0.480. The van der Waals surface area contributed by atoms with Crippen molar-refractivity contribution in [2.75, 3.05) is 32.6 Å². The number of benzene rings is 2. The molecule has 3 rings (SSSR count). The fraction of sp³-hybridized carbons (Fsp3) is 0.238. The number of nitrogens with one attached hydrogen (secondary N) is 2. The van der Waals surface area contributed by atoms with Crippen LogP contribution in [0.15, 0.2) is 59.3 Å². The summed E-state index contributed by atoms with van der Waals surface area (Å²) in [6, 6.07) is 12.4. The second-order valence-electron chi connectivity index (χ2n) is 6.79. The highest BCUT2D eigenvalue weighted by Crippen LogP contribution is 2.31. The average Bonchev–Trinajstić information content (AvgIpc) is 3.23. The van der Waals surface area contributed by atoms with E-state index in [0.29, 0.717) is 23.6 Å². The molecule has 0 aliphatic heterocycles. The molecule has 2 aromatic carbocycles. The van der Waals surface area contributed by atoms with Gasteiger partial charge in [0.1, 0.15) is 12.4 Å². The van der Waals surface area contributed by atoms with E-state index in [2.05, 4.69) is 31.4 Å². The van der Waals surface area contributed by atoms with Gasteiger partial charge in [0.15, 0.2) is 6.10 Å². The SMILES string of the molecule is CN(C)CCOc1cc(-c2cn[nH]c2)ccc1NC(=O)C(O)c1ccc(Br)cc1. The molecule has 0 saturated carbocycles. The number of nitrogens with zero attached hydrogens (tertiary/aromatic N) is 2. The summed E-state index contributed by atoms with van der Waals surface area (Å²) in [5, 5.41) is 19.9. The Morgan fingerprint density at radius 1 is 1.24 bits per heavy atom. The van der Waals surface area contributed by atoms with Crippen molar-refractivity contribution in [1.82, 2.24) is 15.1 Å². The molecule has 29 heavy (non-hydrogen) atoms. The summed E-state index contributed by atoms with van der Waals surface area (Å²) < 4.78 is 6.79. The number of hydrogen-bond donors (Lipinski definition) is 3. The molecule has 7 nitrogen and oxygen atoms in total. The summed E-state index contributed by atoms with van der Waals surface area (Å²) in [5.74, 6) is 0.00255. The summed E-state index contributed by atoms with van der Waals surface area (Å²) >= 11 is 3.34. The minimum atomic E-state index is -1.29. The smallest absolute Gasteiger partial charge is 0.257 e. The van der Waals surface area contributed by atoms with Gasteiger partial charge in [0.2, 0.25) is 0 Å². The predicted molar refractivity (Wildman–Crippen MR) is 116 cm³/mol. The minimum Gasteiger partial charge on any atom is -0.490 e. The zero-order valence-electron chi connectivity index (χ0n) is 16.2. The molecular formula is C21H23BrN4O3. The number of H-pyrrole nitrogens is 1. The Labute approximate surface area is 177 Å². The fourth-order valence-corrected chi connectivity index (χ4v) is 2.93. The van der Waals surface area contributed by atoms with Gasteiger partial charge in [0, 0.05) is 22.8 Å². The first-order valence-corrected chi connectivity index (χ1v) is 9.88. The Morgan fingerprint density at radius 2 is 2.00 bits per heavy atom. The molecule has 3 N–H and O–H groups in total. The van der Waals surface area contributed by atoms with Gasteiger partial charge in [-0.2, -0.15) is 5.10 Å². The van der Waals surface area contributed by atoms with Gasteiger partial charge in [-0.25, -0.2) is 0 Å². The molecule has 1 amide bonds. The van der Waals surface area contributed by atoms with E-state index >= 15 is 0 Å². The van der Waals surface area contributed by atoms with Gasteiger partial charge in [-0.1, -0.05) is 34.1 Å². The fourth-order valence-electron chi connectivity index (χ4n) is 2.67.